The van der Waals surface area contributed by atoms with E-state index >= 15 is 0 Å². The van der Waals surface area contributed by atoms with Gasteiger partial charge in [-0.05, 0) is 42.7 Å². The van der Waals surface area contributed by atoms with Crippen molar-refractivity contribution in [3.8, 4) is 0 Å². The highest BCUT2D eigenvalue weighted by Gasteiger charge is 2.16. The molecule has 98 valence electrons. The van der Waals surface area contributed by atoms with Crippen LogP contribution in [0.25, 0.3) is 0 Å². The molecular formula is C16H16FNO. The van der Waals surface area contributed by atoms with Crippen molar-refractivity contribution in [3.05, 3.63) is 71.0 Å². The zero-order valence-corrected chi connectivity index (χ0v) is 10.8. The van der Waals surface area contributed by atoms with Crippen LogP contribution in [0.2, 0.25) is 0 Å². The van der Waals surface area contributed by atoms with E-state index in [1.807, 2.05) is 30.3 Å². The standard InChI is InChI=1S/C16H16FNO/c1-11-9-13(7-8-14(11)17)16(19)15(18)10-12-5-3-2-4-6-12/h2-9,15H,10,18H2,1H3. The topological polar surface area (TPSA) is 43.1 Å². The minimum atomic E-state index is -0.604. The maximum absolute atomic E-state index is 13.2. The molecule has 2 aromatic rings. The van der Waals surface area contributed by atoms with E-state index in [2.05, 4.69) is 0 Å². The summed E-state index contributed by atoms with van der Waals surface area (Å²) in [5.74, 6) is -0.472. The van der Waals surface area contributed by atoms with E-state index in [0.717, 1.165) is 5.56 Å². The van der Waals surface area contributed by atoms with Crippen molar-refractivity contribution in [2.75, 3.05) is 0 Å². The smallest absolute Gasteiger partial charge is 0.179 e. The Kier molecular flexibility index (Phi) is 4.07. The normalized spacial score (nSPS) is 12.2. The van der Waals surface area contributed by atoms with Crippen LogP contribution in [-0.4, -0.2) is 11.8 Å². The number of rotatable bonds is 4. The van der Waals surface area contributed by atoms with Crippen molar-refractivity contribution >= 4 is 5.78 Å². The summed E-state index contributed by atoms with van der Waals surface area (Å²) < 4.78 is 13.2. The van der Waals surface area contributed by atoms with E-state index in [0.29, 0.717) is 17.5 Å². The quantitative estimate of drug-likeness (QED) is 0.856. The fraction of sp³-hybridized carbons (Fsp3) is 0.188. The van der Waals surface area contributed by atoms with Gasteiger partial charge in [0.05, 0.1) is 6.04 Å². The maximum Gasteiger partial charge on any atom is 0.179 e. The van der Waals surface area contributed by atoms with Crippen LogP contribution in [0.5, 0.6) is 0 Å². The predicted octanol–water partition coefficient (Wildman–Crippen LogP) is 2.89. The first-order chi connectivity index (χ1) is 9.08. The van der Waals surface area contributed by atoms with Crippen LogP contribution in [0.1, 0.15) is 21.5 Å². The number of nitrogens with two attached hydrogens (primary N) is 1. The number of carbonyl (C=O) groups excluding carboxylic acids is 1. The molecule has 0 saturated heterocycles. The van der Waals surface area contributed by atoms with E-state index in [-0.39, 0.29) is 11.6 Å². The van der Waals surface area contributed by atoms with Crippen LogP contribution in [0.3, 0.4) is 0 Å². The first-order valence-electron chi connectivity index (χ1n) is 6.18. The summed E-state index contributed by atoms with van der Waals surface area (Å²) in [4.78, 5) is 12.2. The molecule has 0 aliphatic rings. The van der Waals surface area contributed by atoms with Gasteiger partial charge in [0.15, 0.2) is 5.78 Å². The van der Waals surface area contributed by atoms with E-state index in [9.17, 15) is 9.18 Å². The Labute approximate surface area is 112 Å². The molecular weight excluding hydrogens is 241 g/mol. The average molecular weight is 257 g/mol. The molecule has 1 atom stereocenters. The number of hydrogen-bond acceptors (Lipinski definition) is 2. The lowest BCUT2D eigenvalue weighted by atomic mass is 9.97. The van der Waals surface area contributed by atoms with Crippen LogP contribution in [0, 0.1) is 12.7 Å². The third kappa shape index (κ3) is 3.26. The molecule has 0 aliphatic heterocycles. The van der Waals surface area contributed by atoms with Crippen molar-refractivity contribution in [2.45, 2.75) is 19.4 Å². The summed E-state index contributed by atoms with van der Waals surface area (Å²) in [7, 11) is 0. The van der Waals surface area contributed by atoms with Crippen molar-refractivity contribution in [1.29, 1.82) is 0 Å². The number of Topliss-reactive ketones (excluding diaryl/α,β-unsaturated/α-hetero) is 1. The number of hydrogen-bond donors (Lipinski definition) is 1. The second kappa shape index (κ2) is 5.76. The molecule has 19 heavy (non-hydrogen) atoms. The maximum atomic E-state index is 13.2. The van der Waals surface area contributed by atoms with Crippen molar-refractivity contribution in [2.24, 2.45) is 5.73 Å². The highest BCUT2D eigenvalue weighted by atomic mass is 19.1. The van der Waals surface area contributed by atoms with Gasteiger partial charge in [0.1, 0.15) is 5.82 Å². The third-order valence-electron chi connectivity index (χ3n) is 3.08. The molecule has 2 rings (SSSR count). The van der Waals surface area contributed by atoms with Crippen LogP contribution in [0.4, 0.5) is 4.39 Å². The van der Waals surface area contributed by atoms with Gasteiger partial charge in [-0.3, -0.25) is 4.79 Å². The fourth-order valence-electron chi connectivity index (χ4n) is 1.97. The van der Waals surface area contributed by atoms with E-state index in [4.69, 9.17) is 5.73 Å². The first-order valence-corrected chi connectivity index (χ1v) is 6.18. The summed E-state index contributed by atoms with van der Waals surface area (Å²) in [5.41, 5.74) is 7.86. The second-order valence-corrected chi connectivity index (χ2v) is 4.62. The molecule has 0 fully saturated rings. The summed E-state index contributed by atoms with van der Waals surface area (Å²) in [6, 6.07) is 13.3. The molecule has 0 aromatic heterocycles. The summed E-state index contributed by atoms with van der Waals surface area (Å²) in [5, 5.41) is 0. The van der Waals surface area contributed by atoms with Crippen molar-refractivity contribution < 1.29 is 9.18 Å². The van der Waals surface area contributed by atoms with Gasteiger partial charge in [-0.15, -0.1) is 0 Å². The zero-order valence-electron chi connectivity index (χ0n) is 10.8. The van der Waals surface area contributed by atoms with Gasteiger partial charge < -0.3 is 5.73 Å². The third-order valence-corrected chi connectivity index (χ3v) is 3.08. The zero-order chi connectivity index (χ0) is 13.8. The molecule has 0 saturated carbocycles. The Bertz CT molecular complexity index is 581. The molecule has 0 amide bonds. The molecule has 0 bridgehead atoms. The minimum absolute atomic E-state index is 0.160. The Morgan fingerprint density at radius 3 is 2.53 bits per heavy atom. The lowest BCUT2D eigenvalue weighted by Gasteiger charge is -2.11. The number of halogens is 1. The summed E-state index contributed by atoms with van der Waals surface area (Å²) in [6.07, 6.45) is 0.482. The highest BCUT2D eigenvalue weighted by molar-refractivity contribution is 6.00. The molecule has 2 nitrogen and oxygen atoms in total. The number of ketones is 1. The van der Waals surface area contributed by atoms with E-state index < -0.39 is 6.04 Å². The number of carbonyl (C=O) groups is 1. The molecule has 2 N–H and O–H groups in total. The lowest BCUT2D eigenvalue weighted by Crippen LogP contribution is -2.32. The van der Waals surface area contributed by atoms with Gasteiger partial charge >= 0.3 is 0 Å². The molecule has 2 aromatic carbocycles. The lowest BCUT2D eigenvalue weighted by molar-refractivity contribution is 0.0961. The first kappa shape index (κ1) is 13.4. The Balaban J connectivity index is 2.12. The Morgan fingerprint density at radius 2 is 1.89 bits per heavy atom. The van der Waals surface area contributed by atoms with Gasteiger partial charge in [0, 0.05) is 5.56 Å². The molecule has 0 spiro atoms. The monoisotopic (exact) mass is 257 g/mol. The van der Waals surface area contributed by atoms with Crippen molar-refractivity contribution in [3.63, 3.8) is 0 Å². The second-order valence-electron chi connectivity index (χ2n) is 4.62. The Hall–Kier alpha value is -2.00. The van der Waals surface area contributed by atoms with Gasteiger partial charge in [0.2, 0.25) is 0 Å². The van der Waals surface area contributed by atoms with Crippen LogP contribution in [0.15, 0.2) is 48.5 Å². The van der Waals surface area contributed by atoms with E-state index in [1.165, 1.54) is 12.1 Å². The highest BCUT2D eigenvalue weighted by Crippen LogP contribution is 2.12. The number of aryl methyl sites for hydroxylation is 1. The number of benzene rings is 2. The van der Waals surface area contributed by atoms with Gasteiger partial charge in [0.25, 0.3) is 0 Å². The van der Waals surface area contributed by atoms with Gasteiger partial charge in [-0.2, -0.15) is 0 Å². The average Bonchev–Trinajstić information content (AvgIpc) is 2.42. The molecule has 0 aliphatic carbocycles. The van der Waals surface area contributed by atoms with Gasteiger partial charge in [-0.1, -0.05) is 30.3 Å². The van der Waals surface area contributed by atoms with Crippen LogP contribution >= 0.6 is 0 Å². The van der Waals surface area contributed by atoms with Crippen molar-refractivity contribution in [1.82, 2.24) is 0 Å². The summed E-state index contributed by atoms with van der Waals surface area (Å²) >= 11 is 0. The predicted molar refractivity (Wildman–Crippen MR) is 73.6 cm³/mol. The van der Waals surface area contributed by atoms with Crippen LogP contribution in [-0.2, 0) is 6.42 Å². The fourth-order valence-corrected chi connectivity index (χ4v) is 1.97. The SMILES string of the molecule is Cc1cc(C(=O)C(N)Cc2ccccc2)ccc1F. The molecule has 0 radical (unpaired) electrons. The molecule has 3 heteroatoms. The van der Waals surface area contributed by atoms with E-state index in [1.54, 1.807) is 13.0 Å². The largest absolute Gasteiger partial charge is 0.321 e. The molecule has 0 heterocycles. The minimum Gasteiger partial charge on any atom is -0.321 e. The molecule has 1 unspecified atom stereocenters. The summed E-state index contributed by atoms with van der Waals surface area (Å²) in [6.45, 7) is 1.63. The Morgan fingerprint density at radius 1 is 1.21 bits per heavy atom. The van der Waals surface area contributed by atoms with Gasteiger partial charge in [-0.25, -0.2) is 4.39 Å². The van der Waals surface area contributed by atoms with Crippen LogP contribution < -0.4 is 5.73 Å².